The molecule has 7 heteroatoms. The van der Waals surface area contributed by atoms with Crippen molar-refractivity contribution >= 4 is 12.0 Å². The highest BCUT2D eigenvalue weighted by Crippen LogP contribution is 2.18. The zero-order valence-corrected chi connectivity index (χ0v) is 10.9. The van der Waals surface area contributed by atoms with Crippen LogP contribution in [0.15, 0.2) is 0 Å². The molecule has 7 nitrogen and oxygen atoms in total. The van der Waals surface area contributed by atoms with Crippen LogP contribution >= 0.6 is 0 Å². The van der Waals surface area contributed by atoms with E-state index >= 15 is 0 Å². The van der Waals surface area contributed by atoms with Crippen molar-refractivity contribution in [2.45, 2.75) is 31.4 Å². The molecule has 0 aromatic heterocycles. The Kier molecular flexibility index (Phi) is 4.60. The summed E-state index contributed by atoms with van der Waals surface area (Å²) < 4.78 is 0. The van der Waals surface area contributed by atoms with E-state index in [4.69, 9.17) is 5.11 Å². The summed E-state index contributed by atoms with van der Waals surface area (Å²) in [6.07, 6.45) is 1.76. The fourth-order valence-corrected chi connectivity index (χ4v) is 2.70. The van der Waals surface area contributed by atoms with E-state index in [0.717, 1.165) is 19.6 Å². The van der Waals surface area contributed by atoms with E-state index in [-0.39, 0.29) is 13.0 Å². The van der Waals surface area contributed by atoms with Gasteiger partial charge in [-0.1, -0.05) is 0 Å². The maximum atomic E-state index is 11.9. The van der Waals surface area contributed by atoms with Crippen LogP contribution in [0.3, 0.4) is 0 Å². The predicted molar refractivity (Wildman–Crippen MR) is 67.8 cm³/mol. The number of carbonyl (C=O) groups is 2. The number of likely N-dealkylation sites (tertiary alicyclic amines) is 2. The molecule has 2 rings (SSSR count). The van der Waals surface area contributed by atoms with E-state index in [9.17, 15) is 14.7 Å². The first-order valence-electron chi connectivity index (χ1n) is 6.75. The Morgan fingerprint density at radius 3 is 2.58 bits per heavy atom. The van der Waals surface area contributed by atoms with Gasteiger partial charge in [-0.15, -0.1) is 0 Å². The molecule has 0 bridgehead atoms. The number of carboxylic acid groups (broad SMARTS) is 1. The number of aliphatic hydroxyl groups is 1. The number of carboxylic acids is 1. The summed E-state index contributed by atoms with van der Waals surface area (Å²) in [6.45, 7) is 3.52. The number of hydrogen-bond acceptors (Lipinski definition) is 4. The first kappa shape index (κ1) is 14.1. The van der Waals surface area contributed by atoms with Crippen molar-refractivity contribution in [3.05, 3.63) is 0 Å². The molecule has 108 valence electrons. The topological polar surface area (TPSA) is 93.1 Å². The molecule has 19 heavy (non-hydrogen) atoms. The Morgan fingerprint density at radius 1 is 1.26 bits per heavy atom. The molecule has 2 amide bonds. The Bertz CT molecular complexity index is 344. The number of β-amino-alcohol motifs (C(OH)–C–C–N with tert-alkyl or cyclic N) is 1. The molecule has 2 heterocycles. The average Bonchev–Trinajstić information content (AvgIpc) is 2.98. The van der Waals surface area contributed by atoms with Crippen LogP contribution in [0.4, 0.5) is 4.79 Å². The second-order valence-corrected chi connectivity index (χ2v) is 5.18. The number of aliphatic hydroxyl groups excluding tert-OH is 1. The highest BCUT2D eigenvalue weighted by atomic mass is 16.4. The van der Waals surface area contributed by atoms with Crippen LogP contribution < -0.4 is 5.32 Å². The minimum atomic E-state index is -1.06. The fourth-order valence-electron chi connectivity index (χ4n) is 2.70. The van der Waals surface area contributed by atoms with E-state index < -0.39 is 24.1 Å². The molecule has 2 fully saturated rings. The van der Waals surface area contributed by atoms with Gasteiger partial charge in [-0.05, 0) is 25.9 Å². The number of nitrogens with zero attached hydrogens (tertiary/aromatic N) is 2. The molecule has 0 radical (unpaired) electrons. The van der Waals surface area contributed by atoms with Crippen molar-refractivity contribution in [1.82, 2.24) is 15.1 Å². The number of urea groups is 1. The van der Waals surface area contributed by atoms with Crippen molar-refractivity contribution in [2.75, 3.05) is 32.7 Å². The molecule has 2 aliphatic rings. The molecule has 0 spiro atoms. The van der Waals surface area contributed by atoms with Gasteiger partial charge in [0.2, 0.25) is 0 Å². The van der Waals surface area contributed by atoms with Crippen molar-refractivity contribution in [1.29, 1.82) is 0 Å². The maximum Gasteiger partial charge on any atom is 0.326 e. The smallest absolute Gasteiger partial charge is 0.326 e. The third-order valence-electron chi connectivity index (χ3n) is 3.73. The lowest BCUT2D eigenvalue weighted by Gasteiger charge is -2.22. The van der Waals surface area contributed by atoms with Gasteiger partial charge in [-0.25, -0.2) is 9.59 Å². The Balaban J connectivity index is 1.76. The van der Waals surface area contributed by atoms with Gasteiger partial charge >= 0.3 is 12.0 Å². The highest BCUT2D eigenvalue weighted by molar-refractivity contribution is 5.83. The van der Waals surface area contributed by atoms with E-state index in [2.05, 4.69) is 10.2 Å². The van der Waals surface area contributed by atoms with Crippen molar-refractivity contribution < 1.29 is 19.8 Å². The second kappa shape index (κ2) is 6.21. The molecule has 0 aromatic rings. The lowest BCUT2D eigenvalue weighted by atomic mass is 10.2. The van der Waals surface area contributed by atoms with E-state index in [0.29, 0.717) is 6.54 Å². The minimum absolute atomic E-state index is 0.0898. The Hall–Kier alpha value is -1.34. The number of carbonyl (C=O) groups excluding carboxylic acids is 1. The van der Waals surface area contributed by atoms with E-state index in [1.807, 2.05) is 0 Å². The Labute approximate surface area is 112 Å². The van der Waals surface area contributed by atoms with Gasteiger partial charge in [0.05, 0.1) is 6.10 Å². The molecule has 0 saturated carbocycles. The molecule has 3 N–H and O–H groups in total. The fraction of sp³-hybridized carbons (Fsp3) is 0.833. The third-order valence-corrected chi connectivity index (χ3v) is 3.73. The van der Waals surface area contributed by atoms with Gasteiger partial charge in [0.1, 0.15) is 6.04 Å². The van der Waals surface area contributed by atoms with Crippen molar-refractivity contribution in [2.24, 2.45) is 0 Å². The first-order chi connectivity index (χ1) is 9.08. The van der Waals surface area contributed by atoms with Crippen LogP contribution in [0.1, 0.15) is 19.3 Å². The summed E-state index contributed by atoms with van der Waals surface area (Å²) in [5, 5.41) is 21.2. The SMILES string of the molecule is O=C(O)[C@H]1C[C@@H](O)CN1C(=O)NCCN1CCCC1. The number of amides is 2. The summed E-state index contributed by atoms with van der Waals surface area (Å²) >= 11 is 0. The molecule has 2 atom stereocenters. The van der Waals surface area contributed by atoms with Gasteiger partial charge in [0, 0.05) is 26.1 Å². The molecule has 2 aliphatic heterocycles. The largest absolute Gasteiger partial charge is 0.480 e. The minimum Gasteiger partial charge on any atom is -0.480 e. The number of nitrogens with one attached hydrogen (secondary N) is 1. The van der Waals surface area contributed by atoms with Crippen LogP contribution in [0, 0.1) is 0 Å². The zero-order chi connectivity index (χ0) is 13.8. The lowest BCUT2D eigenvalue weighted by Crippen LogP contribution is -2.47. The molecule has 0 aromatic carbocycles. The third kappa shape index (κ3) is 3.57. The predicted octanol–water partition coefficient (Wildman–Crippen LogP) is -0.688. The van der Waals surface area contributed by atoms with Gasteiger partial charge in [0.15, 0.2) is 0 Å². The van der Waals surface area contributed by atoms with Gasteiger partial charge in [-0.2, -0.15) is 0 Å². The van der Waals surface area contributed by atoms with Crippen LogP contribution in [-0.4, -0.2) is 76.9 Å². The summed E-state index contributed by atoms with van der Waals surface area (Å²) in [6, 6.07) is -1.31. The second-order valence-electron chi connectivity index (χ2n) is 5.18. The van der Waals surface area contributed by atoms with Crippen LogP contribution in [0.5, 0.6) is 0 Å². The average molecular weight is 271 g/mol. The van der Waals surface area contributed by atoms with Gasteiger partial charge in [0.25, 0.3) is 0 Å². The standard InChI is InChI=1S/C12H21N3O4/c16-9-7-10(11(17)18)15(8-9)12(19)13-3-6-14-4-1-2-5-14/h9-10,16H,1-8H2,(H,13,19)(H,17,18)/t9-,10-/m1/s1. The number of rotatable bonds is 4. The van der Waals surface area contributed by atoms with Crippen molar-refractivity contribution in [3.63, 3.8) is 0 Å². The van der Waals surface area contributed by atoms with Crippen molar-refractivity contribution in [3.8, 4) is 0 Å². The molecular weight excluding hydrogens is 250 g/mol. The number of aliphatic carboxylic acids is 1. The number of hydrogen-bond donors (Lipinski definition) is 3. The molecule has 2 saturated heterocycles. The summed E-state index contributed by atoms with van der Waals surface area (Å²) in [5.41, 5.74) is 0. The normalized spacial score (nSPS) is 27.7. The monoisotopic (exact) mass is 271 g/mol. The quantitative estimate of drug-likeness (QED) is 0.629. The summed E-state index contributed by atoms with van der Waals surface area (Å²) in [7, 11) is 0. The highest BCUT2D eigenvalue weighted by Gasteiger charge is 2.38. The van der Waals surface area contributed by atoms with Gasteiger partial charge in [-0.3, -0.25) is 0 Å². The maximum absolute atomic E-state index is 11.9. The molecular formula is C12H21N3O4. The first-order valence-corrected chi connectivity index (χ1v) is 6.75. The van der Waals surface area contributed by atoms with E-state index in [1.165, 1.54) is 17.7 Å². The van der Waals surface area contributed by atoms with E-state index in [1.54, 1.807) is 0 Å². The summed E-state index contributed by atoms with van der Waals surface area (Å²) in [5.74, 6) is -1.06. The molecule has 0 unspecified atom stereocenters. The van der Waals surface area contributed by atoms with Crippen LogP contribution in [0.2, 0.25) is 0 Å². The van der Waals surface area contributed by atoms with Crippen LogP contribution in [0.25, 0.3) is 0 Å². The van der Waals surface area contributed by atoms with Crippen LogP contribution in [-0.2, 0) is 4.79 Å². The zero-order valence-electron chi connectivity index (χ0n) is 10.9. The summed E-state index contributed by atoms with van der Waals surface area (Å²) in [4.78, 5) is 26.4. The molecule has 0 aliphatic carbocycles. The Morgan fingerprint density at radius 2 is 1.95 bits per heavy atom. The van der Waals surface area contributed by atoms with Gasteiger partial charge < -0.3 is 25.3 Å². The lowest BCUT2D eigenvalue weighted by molar-refractivity contribution is -0.141.